The van der Waals surface area contributed by atoms with Crippen molar-refractivity contribution in [2.24, 2.45) is 0 Å². The van der Waals surface area contributed by atoms with Gasteiger partial charge >= 0.3 is 0 Å². The lowest BCUT2D eigenvalue weighted by molar-refractivity contribution is -0.120. The maximum Gasteiger partial charge on any atom is 0.234 e. The van der Waals surface area contributed by atoms with Crippen molar-refractivity contribution in [2.75, 3.05) is 6.54 Å². The summed E-state index contributed by atoms with van der Waals surface area (Å²) < 4.78 is 0. The highest BCUT2D eigenvalue weighted by Crippen LogP contribution is 2.28. The second-order valence-electron chi connectivity index (χ2n) is 4.86. The summed E-state index contributed by atoms with van der Waals surface area (Å²) in [5.74, 6) is 0.108. The van der Waals surface area contributed by atoms with Crippen LogP contribution in [0.2, 0.25) is 0 Å². The van der Waals surface area contributed by atoms with Gasteiger partial charge in [0.15, 0.2) is 0 Å². The smallest absolute Gasteiger partial charge is 0.234 e. The summed E-state index contributed by atoms with van der Waals surface area (Å²) in [6.45, 7) is 0.400. The van der Waals surface area contributed by atoms with Gasteiger partial charge < -0.3 is 10.6 Å². The molecule has 1 aromatic rings. The quantitative estimate of drug-likeness (QED) is 0.810. The van der Waals surface area contributed by atoms with E-state index in [1.165, 1.54) is 5.56 Å². The van der Waals surface area contributed by atoms with Gasteiger partial charge in [-0.05, 0) is 37.3 Å². The Hall–Kier alpha value is -1.42. The van der Waals surface area contributed by atoms with Crippen molar-refractivity contribution < 1.29 is 4.79 Å². The molecule has 2 aliphatic rings. The van der Waals surface area contributed by atoms with Gasteiger partial charge in [-0.2, -0.15) is 0 Å². The molecule has 17 heavy (non-hydrogen) atoms. The zero-order valence-electron chi connectivity index (χ0n) is 9.78. The van der Waals surface area contributed by atoms with Gasteiger partial charge in [-0.1, -0.05) is 6.07 Å². The molecule has 0 radical (unpaired) electrons. The SMILES string of the molecule is O=C(CNC1CCc2cccnc21)NC1CC1. The highest BCUT2D eigenvalue weighted by Gasteiger charge is 2.26. The predicted molar refractivity (Wildman–Crippen MR) is 64.5 cm³/mol. The summed E-state index contributed by atoms with van der Waals surface area (Å²) in [6, 6.07) is 4.78. The van der Waals surface area contributed by atoms with Crippen LogP contribution in [-0.2, 0) is 11.2 Å². The molecule has 0 spiro atoms. The topological polar surface area (TPSA) is 54.0 Å². The monoisotopic (exact) mass is 231 g/mol. The first kappa shape index (κ1) is 10.7. The number of carbonyl (C=O) groups is 1. The summed E-state index contributed by atoms with van der Waals surface area (Å²) >= 11 is 0. The van der Waals surface area contributed by atoms with Crippen molar-refractivity contribution in [1.29, 1.82) is 0 Å². The van der Waals surface area contributed by atoms with Crippen LogP contribution in [-0.4, -0.2) is 23.5 Å². The van der Waals surface area contributed by atoms with E-state index >= 15 is 0 Å². The first-order valence-electron chi connectivity index (χ1n) is 6.29. The van der Waals surface area contributed by atoms with E-state index in [4.69, 9.17) is 0 Å². The highest BCUT2D eigenvalue weighted by atomic mass is 16.2. The molecular weight excluding hydrogens is 214 g/mol. The number of nitrogens with one attached hydrogen (secondary N) is 2. The fraction of sp³-hybridized carbons (Fsp3) is 0.538. The third kappa shape index (κ3) is 2.47. The van der Waals surface area contributed by atoms with Gasteiger partial charge in [0.05, 0.1) is 18.3 Å². The Bertz CT molecular complexity index is 428. The number of aromatic nitrogens is 1. The van der Waals surface area contributed by atoms with Crippen LogP contribution in [0, 0.1) is 0 Å². The number of aryl methyl sites for hydroxylation is 1. The molecule has 0 aliphatic heterocycles. The second-order valence-corrected chi connectivity index (χ2v) is 4.86. The average molecular weight is 231 g/mol. The van der Waals surface area contributed by atoms with E-state index in [0.717, 1.165) is 31.4 Å². The Morgan fingerprint density at radius 1 is 1.41 bits per heavy atom. The number of carbonyl (C=O) groups excluding carboxylic acids is 1. The maximum atomic E-state index is 11.6. The first-order valence-corrected chi connectivity index (χ1v) is 6.29. The standard InChI is InChI=1S/C13H17N3O/c17-12(16-10-4-5-10)8-15-11-6-3-9-2-1-7-14-13(9)11/h1-2,7,10-11,15H,3-6,8H2,(H,16,17). The van der Waals surface area contributed by atoms with E-state index in [-0.39, 0.29) is 11.9 Å². The largest absolute Gasteiger partial charge is 0.352 e. The molecule has 1 saturated carbocycles. The number of nitrogens with zero attached hydrogens (tertiary/aromatic N) is 1. The van der Waals surface area contributed by atoms with Crippen LogP contribution in [0.1, 0.15) is 36.6 Å². The van der Waals surface area contributed by atoms with Gasteiger partial charge in [-0.15, -0.1) is 0 Å². The average Bonchev–Trinajstić information content (AvgIpc) is 3.06. The third-order valence-corrected chi connectivity index (χ3v) is 3.41. The molecule has 90 valence electrons. The van der Waals surface area contributed by atoms with Crippen LogP contribution in [0.15, 0.2) is 18.3 Å². The minimum absolute atomic E-state index is 0.108. The van der Waals surface area contributed by atoms with Gasteiger partial charge in [0.25, 0.3) is 0 Å². The van der Waals surface area contributed by atoms with Gasteiger partial charge in [0.1, 0.15) is 0 Å². The lowest BCUT2D eigenvalue weighted by Gasteiger charge is -2.12. The van der Waals surface area contributed by atoms with Crippen LogP contribution in [0.5, 0.6) is 0 Å². The van der Waals surface area contributed by atoms with E-state index in [2.05, 4.69) is 21.7 Å². The fourth-order valence-corrected chi connectivity index (χ4v) is 2.33. The molecule has 1 heterocycles. The summed E-state index contributed by atoms with van der Waals surface area (Å²) in [5, 5.41) is 6.28. The van der Waals surface area contributed by atoms with E-state index in [9.17, 15) is 4.79 Å². The number of hydrogen-bond acceptors (Lipinski definition) is 3. The minimum atomic E-state index is 0.108. The molecule has 1 atom stereocenters. The summed E-state index contributed by atoms with van der Waals surface area (Å²) in [4.78, 5) is 16.0. The van der Waals surface area contributed by atoms with Crippen LogP contribution in [0.25, 0.3) is 0 Å². The zero-order chi connectivity index (χ0) is 11.7. The Morgan fingerprint density at radius 3 is 3.12 bits per heavy atom. The van der Waals surface area contributed by atoms with Crippen LogP contribution in [0.4, 0.5) is 0 Å². The maximum absolute atomic E-state index is 11.6. The normalized spacial score (nSPS) is 22.2. The zero-order valence-corrected chi connectivity index (χ0v) is 9.78. The molecule has 2 aliphatic carbocycles. The van der Waals surface area contributed by atoms with Crippen molar-refractivity contribution >= 4 is 5.91 Å². The predicted octanol–water partition coefficient (Wildman–Crippen LogP) is 0.937. The van der Waals surface area contributed by atoms with Crippen molar-refractivity contribution in [3.05, 3.63) is 29.6 Å². The molecule has 0 aromatic carbocycles. The van der Waals surface area contributed by atoms with Crippen molar-refractivity contribution in [2.45, 2.75) is 37.8 Å². The first-order chi connectivity index (χ1) is 8.33. The van der Waals surface area contributed by atoms with Gasteiger partial charge in [-0.3, -0.25) is 9.78 Å². The number of pyridine rings is 1. The fourth-order valence-electron chi connectivity index (χ4n) is 2.33. The van der Waals surface area contributed by atoms with Crippen molar-refractivity contribution in [3.8, 4) is 0 Å². The van der Waals surface area contributed by atoms with E-state index in [0.29, 0.717) is 12.6 Å². The summed E-state index contributed by atoms with van der Waals surface area (Å²) in [5.41, 5.74) is 2.43. The molecule has 1 aromatic heterocycles. The number of rotatable bonds is 4. The highest BCUT2D eigenvalue weighted by molar-refractivity contribution is 5.78. The molecule has 0 saturated heterocycles. The van der Waals surface area contributed by atoms with Crippen LogP contribution < -0.4 is 10.6 Å². The molecule has 1 fully saturated rings. The van der Waals surface area contributed by atoms with Gasteiger partial charge in [-0.25, -0.2) is 0 Å². The molecular formula is C13H17N3O. The van der Waals surface area contributed by atoms with Crippen molar-refractivity contribution in [3.63, 3.8) is 0 Å². The number of hydrogen-bond donors (Lipinski definition) is 2. The molecule has 1 unspecified atom stereocenters. The minimum Gasteiger partial charge on any atom is -0.352 e. The third-order valence-electron chi connectivity index (χ3n) is 3.41. The molecule has 3 rings (SSSR count). The number of fused-ring (bicyclic) bond motifs is 1. The number of amides is 1. The van der Waals surface area contributed by atoms with E-state index in [1.807, 2.05) is 12.3 Å². The van der Waals surface area contributed by atoms with E-state index in [1.54, 1.807) is 0 Å². The van der Waals surface area contributed by atoms with Crippen LogP contribution in [0.3, 0.4) is 0 Å². The Labute approximate surface area is 101 Å². The molecule has 2 N–H and O–H groups in total. The molecule has 4 heteroatoms. The Balaban J connectivity index is 1.54. The second kappa shape index (κ2) is 4.45. The lowest BCUT2D eigenvalue weighted by Crippen LogP contribution is -2.36. The van der Waals surface area contributed by atoms with Crippen LogP contribution >= 0.6 is 0 Å². The Morgan fingerprint density at radius 2 is 2.29 bits per heavy atom. The summed E-state index contributed by atoms with van der Waals surface area (Å²) in [7, 11) is 0. The van der Waals surface area contributed by atoms with Gasteiger partial charge in [0, 0.05) is 12.2 Å². The molecule has 0 bridgehead atoms. The molecule has 1 amide bonds. The molecule has 4 nitrogen and oxygen atoms in total. The van der Waals surface area contributed by atoms with E-state index < -0.39 is 0 Å². The summed E-state index contributed by atoms with van der Waals surface area (Å²) in [6.07, 6.45) is 6.20. The lowest BCUT2D eigenvalue weighted by atomic mass is 10.2. The van der Waals surface area contributed by atoms with Crippen molar-refractivity contribution in [1.82, 2.24) is 15.6 Å². The van der Waals surface area contributed by atoms with Gasteiger partial charge in [0.2, 0.25) is 5.91 Å². The Kier molecular flexibility index (Phi) is 2.81.